The summed E-state index contributed by atoms with van der Waals surface area (Å²) in [5, 5.41) is 0. The molecule has 2 rings (SSSR count). The van der Waals surface area contributed by atoms with Gasteiger partial charge in [0.15, 0.2) is 0 Å². The predicted octanol–water partition coefficient (Wildman–Crippen LogP) is 2.70. The van der Waals surface area contributed by atoms with Gasteiger partial charge in [-0.2, -0.15) is 0 Å². The molecule has 1 saturated carbocycles. The monoisotopic (exact) mass is 330 g/mol. The van der Waals surface area contributed by atoms with Crippen LogP contribution in [0.25, 0.3) is 0 Å². The number of hydrogen-bond donors (Lipinski definition) is 1. The maximum absolute atomic E-state index is 14.0. The second-order valence-electron chi connectivity index (χ2n) is 4.88. The molecule has 5 heteroatoms. The molecule has 0 spiro atoms. The molecule has 0 heterocycles. The van der Waals surface area contributed by atoms with Gasteiger partial charge in [-0.15, -0.1) is 0 Å². The molecule has 3 nitrogen and oxygen atoms in total. The Morgan fingerprint density at radius 1 is 1.53 bits per heavy atom. The molecule has 19 heavy (non-hydrogen) atoms. The van der Waals surface area contributed by atoms with E-state index in [1.54, 1.807) is 13.2 Å². The zero-order chi connectivity index (χ0) is 13.8. The Labute approximate surface area is 122 Å². The summed E-state index contributed by atoms with van der Waals surface area (Å²) in [6.45, 7) is 1.84. The zero-order valence-corrected chi connectivity index (χ0v) is 12.7. The third kappa shape index (κ3) is 3.75. The minimum Gasteiger partial charge on any atom is -0.383 e. The van der Waals surface area contributed by atoms with Crippen LogP contribution in [0.15, 0.2) is 22.7 Å². The van der Waals surface area contributed by atoms with Crippen molar-refractivity contribution in [2.75, 3.05) is 26.8 Å². The summed E-state index contributed by atoms with van der Waals surface area (Å²) in [7, 11) is 1.68. The largest absolute Gasteiger partial charge is 0.383 e. The maximum atomic E-state index is 14.0. The molecule has 1 aliphatic rings. The van der Waals surface area contributed by atoms with Gasteiger partial charge in [0, 0.05) is 36.3 Å². The van der Waals surface area contributed by atoms with Crippen LogP contribution >= 0.6 is 15.9 Å². The first-order valence-corrected chi connectivity index (χ1v) is 7.36. The van der Waals surface area contributed by atoms with Crippen molar-refractivity contribution in [2.45, 2.75) is 24.9 Å². The minimum atomic E-state index is -0.193. The Kier molecular flexibility index (Phi) is 5.33. The smallest absolute Gasteiger partial charge is 0.128 e. The van der Waals surface area contributed by atoms with Crippen LogP contribution in [0.2, 0.25) is 0 Å². The van der Waals surface area contributed by atoms with Crippen LogP contribution in [0.4, 0.5) is 4.39 Å². The molecule has 2 N–H and O–H groups in total. The summed E-state index contributed by atoms with van der Waals surface area (Å²) >= 11 is 3.40. The van der Waals surface area contributed by atoms with Crippen molar-refractivity contribution in [1.82, 2.24) is 4.90 Å². The average molecular weight is 331 g/mol. The average Bonchev–Trinajstić information content (AvgIpc) is 3.22. The van der Waals surface area contributed by atoms with Crippen LogP contribution in [0, 0.1) is 5.82 Å². The maximum Gasteiger partial charge on any atom is 0.128 e. The highest BCUT2D eigenvalue weighted by molar-refractivity contribution is 9.10. The number of hydrogen-bond acceptors (Lipinski definition) is 3. The van der Waals surface area contributed by atoms with Gasteiger partial charge < -0.3 is 10.5 Å². The van der Waals surface area contributed by atoms with E-state index < -0.39 is 0 Å². The summed E-state index contributed by atoms with van der Waals surface area (Å²) in [6, 6.07) is 5.46. The summed E-state index contributed by atoms with van der Waals surface area (Å²) < 4.78 is 20.1. The van der Waals surface area contributed by atoms with Gasteiger partial charge in [-0.25, -0.2) is 4.39 Å². The van der Waals surface area contributed by atoms with Crippen molar-refractivity contribution in [3.05, 3.63) is 34.1 Å². The Balaban J connectivity index is 2.22. The summed E-state index contributed by atoms with van der Waals surface area (Å²) in [5.74, 6) is -0.193. The number of benzene rings is 1. The third-order valence-corrected chi connectivity index (χ3v) is 4.00. The van der Waals surface area contributed by atoms with Crippen LogP contribution in [0.5, 0.6) is 0 Å². The third-order valence-electron chi connectivity index (χ3n) is 3.51. The molecule has 0 radical (unpaired) electrons. The molecule has 1 aromatic rings. The van der Waals surface area contributed by atoms with Crippen LogP contribution in [0.1, 0.15) is 24.4 Å². The van der Waals surface area contributed by atoms with E-state index in [0.29, 0.717) is 24.8 Å². The van der Waals surface area contributed by atoms with Gasteiger partial charge in [0.05, 0.1) is 12.6 Å². The Hall–Kier alpha value is -0.490. The Bertz CT molecular complexity index is 426. The van der Waals surface area contributed by atoms with Gasteiger partial charge >= 0.3 is 0 Å². The van der Waals surface area contributed by atoms with Crippen molar-refractivity contribution < 1.29 is 9.13 Å². The van der Waals surface area contributed by atoms with Gasteiger partial charge in [-0.05, 0) is 31.0 Å². The molecule has 1 fully saturated rings. The van der Waals surface area contributed by atoms with E-state index in [0.717, 1.165) is 23.9 Å². The topological polar surface area (TPSA) is 38.5 Å². The van der Waals surface area contributed by atoms with Gasteiger partial charge in [-0.1, -0.05) is 15.9 Å². The number of methoxy groups -OCH3 is 1. The lowest BCUT2D eigenvalue weighted by Gasteiger charge is -2.31. The Morgan fingerprint density at radius 2 is 2.26 bits per heavy atom. The van der Waals surface area contributed by atoms with Crippen molar-refractivity contribution in [2.24, 2.45) is 5.73 Å². The van der Waals surface area contributed by atoms with E-state index in [-0.39, 0.29) is 11.9 Å². The number of nitrogens with two attached hydrogens (primary N) is 1. The quantitative estimate of drug-likeness (QED) is 0.835. The normalized spacial score (nSPS) is 16.9. The molecular weight excluding hydrogens is 311 g/mol. The summed E-state index contributed by atoms with van der Waals surface area (Å²) in [6.07, 6.45) is 2.33. The van der Waals surface area contributed by atoms with Gasteiger partial charge in [0.25, 0.3) is 0 Å². The van der Waals surface area contributed by atoms with Crippen LogP contribution < -0.4 is 5.73 Å². The number of rotatable bonds is 7. The second kappa shape index (κ2) is 6.79. The fourth-order valence-corrected chi connectivity index (χ4v) is 2.79. The molecule has 1 unspecified atom stereocenters. The highest BCUT2D eigenvalue weighted by Crippen LogP contribution is 2.35. The first-order valence-electron chi connectivity index (χ1n) is 6.57. The lowest BCUT2D eigenvalue weighted by Crippen LogP contribution is -2.38. The molecule has 106 valence electrons. The van der Waals surface area contributed by atoms with Crippen molar-refractivity contribution >= 4 is 15.9 Å². The van der Waals surface area contributed by atoms with E-state index in [2.05, 4.69) is 20.8 Å². The van der Waals surface area contributed by atoms with Crippen molar-refractivity contribution in [3.8, 4) is 0 Å². The molecule has 1 aromatic carbocycles. The highest BCUT2D eigenvalue weighted by atomic mass is 79.9. The van der Waals surface area contributed by atoms with Gasteiger partial charge in [-0.3, -0.25) is 4.90 Å². The zero-order valence-electron chi connectivity index (χ0n) is 11.1. The van der Waals surface area contributed by atoms with Crippen LogP contribution in [-0.4, -0.2) is 37.7 Å². The Morgan fingerprint density at radius 3 is 2.84 bits per heavy atom. The molecule has 0 amide bonds. The molecule has 1 aliphatic carbocycles. The summed E-state index contributed by atoms with van der Waals surface area (Å²) in [5.41, 5.74) is 6.56. The highest BCUT2D eigenvalue weighted by Gasteiger charge is 2.34. The van der Waals surface area contributed by atoms with Crippen molar-refractivity contribution in [1.29, 1.82) is 0 Å². The van der Waals surface area contributed by atoms with E-state index in [4.69, 9.17) is 10.5 Å². The molecular formula is C14H20BrFN2O. The molecule has 0 saturated heterocycles. The van der Waals surface area contributed by atoms with E-state index >= 15 is 0 Å². The minimum absolute atomic E-state index is 0.0832. The molecule has 0 aliphatic heterocycles. The molecule has 1 atom stereocenters. The molecule has 0 bridgehead atoms. The standard InChI is InChI=1S/C14H20BrFN2O/c1-19-7-6-18(11-3-4-11)14(9-17)12-8-10(15)2-5-13(12)16/h2,5,8,11,14H,3-4,6-7,9,17H2,1H3. The van der Waals surface area contributed by atoms with Gasteiger partial charge in [0.2, 0.25) is 0 Å². The van der Waals surface area contributed by atoms with E-state index in [1.165, 1.54) is 6.07 Å². The summed E-state index contributed by atoms with van der Waals surface area (Å²) in [4.78, 5) is 2.27. The van der Waals surface area contributed by atoms with Crippen LogP contribution in [-0.2, 0) is 4.74 Å². The van der Waals surface area contributed by atoms with Gasteiger partial charge in [0.1, 0.15) is 5.82 Å². The number of halogens is 2. The lowest BCUT2D eigenvalue weighted by molar-refractivity contribution is 0.114. The van der Waals surface area contributed by atoms with Crippen molar-refractivity contribution in [3.63, 3.8) is 0 Å². The fourth-order valence-electron chi connectivity index (χ4n) is 2.41. The van der Waals surface area contributed by atoms with E-state index in [1.807, 2.05) is 6.07 Å². The molecule has 0 aromatic heterocycles. The predicted molar refractivity (Wildman–Crippen MR) is 77.5 cm³/mol. The fraction of sp³-hybridized carbons (Fsp3) is 0.571. The lowest BCUT2D eigenvalue weighted by atomic mass is 10.0. The number of ether oxygens (including phenoxy) is 1. The first-order chi connectivity index (χ1) is 9.17. The van der Waals surface area contributed by atoms with E-state index in [9.17, 15) is 4.39 Å². The SMILES string of the molecule is COCCN(C1CC1)C(CN)c1cc(Br)ccc1F. The second-order valence-corrected chi connectivity index (χ2v) is 5.79. The first kappa shape index (κ1) is 14.9. The number of nitrogens with zero attached hydrogens (tertiary/aromatic N) is 1. The van der Waals surface area contributed by atoms with Crippen LogP contribution in [0.3, 0.4) is 0 Å².